The van der Waals surface area contributed by atoms with Crippen molar-refractivity contribution in [3.63, 3.8) is 0 Å². The number of carbonyl (C=O) groups is 2. The monoisotopic (exact) mass is 713 g/mol. The molecule has 0 saturated heterocycles. The van der Waals surface area contributed by atoms with Crippen molar-refractivity contribution in [3.05, 3.63) is 119 Å². The summed E-state index contributed by atoms with van der Waals surface area (Å²) in [6, 6.07) is 8.11. The summed E-state index contributed by atoms with van der Waals surface area (Å²) in [6.07, 6.45) is 23.5. The molecule has 0 spiro atoms. The second-order valence-electron chi connectivity index (χ2n) is 14.3. The lowest BCUT2D eigenvalue weighted by molar-refractivity contribution is -0.683. The Hall–Kier alpha value is -4.61. The van der Waals surface area contributed by atoms with Gasteiger partial charge in [0.05, 0.1) is 29.5 Å². The number of unbranched alkanes of at least 4 members (excludes halogenated alkanes) is 2. The zero-order chi connectivity index (χ0) is 36.8. The summed E-state index contributed by atoms with van der Waals surface area (Å²) < 4.78 is 34.1. The van der Waals surface area contributed by atoms with Crippen LogP contribution in [0, 0.1) is 0 Å². The van der Waals surface area contributed by atoms with E-state index in [2.05, 4.69) is 67.0 Å². The van der Waals surface area contributed by atoms with E-state index >= 15 is 0 Å². The van der Waals surface area contributed by atoms with E-state index in [0.29, 0.717) is 25.8 Å². The van der Waals surface area contributed by atoms with E-state index in [0.717, 1.165) is 59.1 Å². The van der Waals surface area contributed by atoms with Crippen LogP contribution in [-0.4, -0.2) is 47.1 Å². The van der Waals surface area contributed by atoms with Crippen molar-refractivity contribution in [3.8, 4) is 0 Å². The zero-order valence-electron chi connectivity index (χ0n) is 29.9. The summed E-state index contributed by atoms with van der Waals surface area (Å²) in [5, 5.41) is 12.5. The fraction of sp³-hybridized carbons (Fsp3) is 0.400. The van der Waals surface area contributed by atoms with E-state index in [1.165, 1.54) is 5.56 Å². The molecule has 4 heterocycles. The summed E-state index contributed by atoms with van der Waals surface area (Å²) in [5.74, 6) is 0.812. The number of nitrogens with one attached hydrogen (secondary N) is 1. The molecule has 270 valence electrons. The third-order valence-corrected chi connectivity index (χ3v) is 10.8. The summed E-state index contributed by atoms with van der Waals surface area (Å²) >= 11 is 0. The largest absolute Gasteiger partial charge is 0.481 e. The molecule has 3 N–H and O–H groups in total. The van der Waals surface area contributed by atoms with Gasteiger partial charge in [-0.05, 0) is 82.7 Å². The number of rotatable bonds is 14. The topological polar surface area (TPSA) is 141 Å². The molecule has 1 fully saturated rings. The van der Waals surface area contributed by atoms with Gasteiger partial charge in [-0.2, -0.15) is 8.42 Å². The molecule has 10 nitrogen and oxygen atoms in total. The minimum Gasteiger partial charge on any atom is -0.481 e. The summed E-state index contributed by atoms with van der Waals surface area (Å²) in [4.78, 5) is 30.6. The second-order valence-corrected chi connectivity index (χ2v) is 15.9. The summed E-state index contributed by atoms with van der Waals surface area (Å²) in [7, 11) is -4.06. The number of Topliss-reactive ketones (excluding diaryl/α,β-unsaturated/α-hetero) is 1. The molecular weight excluding hydrogens is 665 g/mol. The molecule has 0 radical (unpaired) electrons. The number of allylic oxidation sites excluding steroid dienone is 12. The molecule has 2 aromatic heterocycles. The second kappa shape index (κ2) is 15.7. The molecule has 51 heavy (non-hydrogen) atoms. The first kappa shape index (κ1) is 37.6. The molecule has 11 heteroatoms. The molecule has 2 aromatic rings. The van der Waals surface area contributed by atoms with Crippen molar-refractivity contribution < 1.29 is 32.2 Å². The fourth-order valence-electron chi connectivity index (χ4n) is 7.08. The van der Waals surface area contributed by atoms with E-state index in [4.69, 9.17) is 5.11 Å². The first-order valence-electron chi connectivity index (χ1n) is 17.6. The molecule has 5 rings (SSSR count). The van der Waals surface area contributed by atoms with E-state index in [1.807, 2.05) is 59.6 Å². The Morgan fingerprint density at radius 1 is 0.922 bits per heavy atom. The van der Waals surface area contributed by atoms with Gasteiger partial charge < -0.3 is 10.0 Å². The number of hydrogen-bond donors (Lipinski definition) is 3. The van der Waals surface area contributed by atoms with Gasteiger partial charge in [0.25, 0.3) is 15.9 Å². The van der Waals surface area contributed by atoms with Gasteiger partial charge in [0, 0.05) is 47.0 Å². The minimum absolute atomic E-state index is 0.0466. The highest BCUT2D eigenvalue weighted by Gasteiger charge is 2.42. The van der Waals surface area contributed by atoms with Crippen LogP contribution in [0.1, 0.15) is 83.8 Å². The van der Waals surface area contributed by atoms with Crippen LogP contribution in [0.2, 0.25) is 0 Å². The van der Waals surface area contributed by atoms with Gasteiger partial charge in [0.1, 0.15) is 11.5 Å². The first-order valence-corrected chi connectivity index (χ1v) is 19.2. The SMILES string of the molecule is CC1(C)\C(=C/C=C/C=C2\CC\C(=C/C=C/C=C3/Nc4c(ccc[n+]4CCCCCC(=O)O)C3(C)C)C2=O)N(CCCS(=O)(=O)O)c2ncccc21. The van der Waals surface area contributed by atoms with Crippen LogP contribution in [0.5, 0.6) is 0 Å². The number of aliphatic carboxylic acids is 1. The van der Waals surface area contributed by atoms with Gasteiger partial charge in [0.15, 0.2) is 5.78 Å². The van der Waals surface area contributed by atoms with Crippen LogP contribution in [-0.2, 0) is 37.1 Å². The number of pyridine rings is 2. The van der Waals surface area contributed by atoms with Crippen molar-refractivity contribution in [2.75, 3.05) is 22.5 Å². The average molecular weight is 714 g/mol. The van der Waals surface area contributed by atoms with E-state index in [9.17, 15) is 22.6 Å². The number of carboxylic acids is 1. The highest BCUT2D eigenvalue weighted by atomic mass is 32.2. The van der Waals surface area contributed by atoms with E-state index < -0.39 is 16.1 Å². The smallest absolute Gasteiger partial charge is 0.303 e. The number of aromatic nitrogens is 2. The molecule has 0 unspecified atom stereocenters. The van der Waals surface area contributed by atoms with Crippen LogP contribution < -0.4 is 14.8 Å². The quantitative estimate of drug-likeness (QED) is 0.0827. The number of aryl methyl sites for hydroxylation is 1. The number of nitrogens with zero attached hydrogens (tertiary/aromatic N) is 3. The van der Waals surface area contributed by atoms with Crippen LogP contribution in [0.4, 0.5) is 11.6 Å². The van der Waals surface area contributed by atoms with Gasteiger partial charge in [-0.3, -0.25) is 14.1 Å². The fourth-order valence-corrected chi connectivity index (χ4v) is 7.57. The van der Waals surface area contributed by atoms with Crippen LogP contribution >= 0.6 is 0 Å². The highest BCUT2D eigenvalue weighted by Crippen LogP contribution is 2.46. The van der Waals surface area contributed by atoms with Crippen molar-refractivity contribution in [2.45, 2.75) is 90.0 Å². The van der Waals surface area contributed by atoms with Gasteiger partial charge in [-0.25, -0.2) is 14.9 Å². The maximum Gasteiger partial charge on any atom is 0.303 e. The van der Waals surface area contributed by atoms with Crippen molar-refractivity contribution in [1.82, 2.24) is 4.98 Å². The predicted molar refractivity (Wildman–Crippen MR) is 200 cm³/mol. The lowest BCUT2D eigenvalue weighted by Gasteiger charge is -2.26. The van der Waals surface area contributed by atoms with Gasteiger partial charge in [-0.1, -0.05) is 56.4 Å². The minimum atomic E-state index is -4.06. The van der Waals surface area contributed by atoms with Crippen LogP contribution in [0.3, 0.4) is 0 Å². The molecule has 0 aromatic carbocycles. The molecule has 2 aliphatic heterocycles. The van der Waals surface area contributed by atoms with Gasteiger partial charge in [-0.15, -0.1) is 0 Å². The molecule has 0 bridgehead atoms. The van der Waals surface area contributed by atoms with Gasteiger partial charge in [0.2, 0.25) is 0 Å². The van der Waals surface area contributed by atoms with Crippen molar-refractivity contribution in [2.24, 2.45) is 0 Å². The Balaban J connectivity index is 1.22. The van der Waals surface area contributed by atoms with Crippen LogP contribution in [0.15, 0.2) is 108 Å². The number of carbonyl (C=O) groups excluding carboxylic acids is 1. The first-order chi connectivity index (χ1) is 24.2. The molecule has 1 saturated carbocycles. The molecular formula is C40H49N4O6S+. The van der Waals surface area contributed by atoms with Gasteiger partial charge >= 0.3 is 5.97 Å². The average Bonchev–Trinajstić information content (AvgIpc) is 3.62. The number of carboxylic acid groups (broad SMARTS) is 1. The van der Waals surface area contributed by atoms with Crippen molar-refractivity contribution in [1.29, 1.82) is 0 Å². The Labute approximate surface area is 301 Å². The third kappa shape index (κ3) is 8.83. The lowest BCUT2D eigenvalue weighted by Crippen LogP contribution is -2.36. The van der Waals surface area contributed by atoms with Crippen LogP contribution in [0.25, 0.3) is 0 Å². The Kier molecular flexibility index (Phi) is 11.6. The Bertz CT molecular complexity index is 1970. The third-order valence-electron chi connectivity index (χ3n) is 9.97. The molecule has 3 aliphatic rings. The van der Waals surface area contributed by atoms with E-state index in [1.54, 1.807) is 6.20 Å². The number of anilines is 2. The standard InChI is InChI=1S/C40H48N4O6S/c1-39(2)32-18-13-26-43(25-11-5-6-21-35(45)46)38(32)42-33(39)19-9-7-15-29-22-23-30(36(29)47)16-8-10-20-34-40(3,4)31-17-12-24-41-37(31)44(34)27-14-28-51(48,49)50/h7-10,12-13,15-20,24,26H,5-6,11,14,21-23,25,27-28H2,1-4H3,(H2,45,46,48,49,50)/p+1/b9-7+,10-8+,29-15+,30-16+,33-19+,34-20+. The van der Waals surface area contributed by atoms with E-state index in [-0.39, 0.29) is 35.2 Å². The zero-order valence-corrected chi connectivity index (χ0v) is 30.7. The lowest BCUT2D eigenvalue weighted by atomic mass is 9.84. The summed E-state index contributed by atoms with van der Waals surface area (Å²) in [6.45, 7) is 9.78. The normalized spacial score (nSPS) is 21.1. The maximum absolute atomic E-state index is 13.2. The number of hydrogen-bond acceptors (Lipinski definition) is 7. The highest BCUT2D eigenvalue weighted by molar-refractivity contribution is 7.85. The predicted octanol–water partition coefficient (Wildman–Crippen LogP) is 6.89. The van der Waals surface area contributed by atoms with Crippen molar-refractivity contribution >= 4 is 33.5 Å². The number of ketones is 1. The Morgan fingerprint density at radius 2 is 1.59 bits per heavy atom. The Morgan fingerprint density at radius 3 is 2.27 bits per heavy atom. The number of fused-ring (bicyclic) bond motifs is 2. The molecule has 1 aliphatic carbocycles. The summed E-state index contributed by atoms with van der Waals surface area (Å²) in [5.41, 5.74) is 5.23. The molecule has 0 atom stereocenters. The molecule has 0 amide bonds. The maximum atomic E-state index is 13.2.